The van der Waals surface area contributed by atoms with Crippen LogP contribution in [-0.4, -0.2) is 41.7 Å². The molecular formula is C14H23N5O3. The van der Waals surface area contributed by atoms with E-state index >= 15 is 0 Å². The molecule has 1 aromatic heterocycles. The Bertz CT molecular complexity index is 477. The summed E-state index contributed by atoms with van der Waals surface area (Å²) in [5, 5.41) is 19.1. The molecule has 1 fully saturated rings. The summed E-state index contributed by atoms with van der Waals surface area (Å²) >= 11 is 0. The van der Waals surface area contributed by atoms with E-state index in [1.807, 2.05) is 13.8 Å². The molecule has 1 aliphatic heterocycles. The predicted molar refractivity (Wildman–Crippen MR) is 85.9 cm³/mol. The maximum atomic E-state index is 11.2. The molecule has 2 heterocycles. The summed E-state index contributed by atoms with van der Waals surface area (Å²) in [5.74, 6) is -0.637. The molecule has 2 rings (SSSR count). The Morgan fingerprint density at radius 1 is 1.50 bits per heavy atom. The maximum Gasteiger partial charge on any atom is 0.322 e. The molecule has 0 radical (unpaired) electrons. The zero-order valence-electron chi connectivity index (χ0n) is 13.0. The Kier molecular flexibility index (Phi) is 7.84. The predicted octanol–water partition coefficient (Wildman–Crippen LogP) is 1.84. The van der Waals surface area contributed by atoms with E-state index in [4.69, 9.17) is 5.11 Å². The van der Waals surface area contributed by atoms with Gasteiger partial charge in [0.1, 0.15) is 12.2 Å². The van der Waals surface area contributed by atoms with Crippen LogP contribution in [0.25, 0.3) is 0 Å². The van der Waals surface area contributed by atoms with E-state index in [1.165, 1.54) is 5.01 Å². The third-order valence-electron chi connectivity index (χ3n) is 3.18. The van der Waals surface area contributed by atoms with Gasteiger partial charge in [-0.25, -0.2) is 9.99 Å². The van der Waals surface area contributed by atoms with Crippen LogP contribution in [-0.2, 0) is 4.79 Å². The van der Waals surface area contributed by atoms with E-state index in [0.717, 1.165) is 25.9 Å². The van der Waals surface area contributed by atoms with Gasteiger partial charge in [0.2, 0.25) is 0 Å². The second kappa shape index (κ2) is 9.67. The fourth-order valence-electron chi connectivity index (χ4n) is 2.24. The number of carboxylic acid groups (broad SMARTS) is 1. The molecule has 0 spiro atoms. The number of anilines is 2. The van der Waals surface area contributed by atoms with Gasteiger partial charge in [-0.1, -0.05) is 13.8 Å². The lowest BCUT2D eigenvalue weighted by atomic mass is 10.1. The highest BCUT2D eigenvalue weighted by Crippen LogP contribution is 2.28. The number of pyridine rings is 1. The zero-order valence-corrected chi connectivity index (χ0v) is 13.0. The fraction of sp³-hybridized carbons (Fsp3) is 0.571. The van der Waals surface area contributed by atoms with E-state index in [0.29, 0.717) is 11.5 Å². The van der Waals surface area contributed by atoms with Crippen LogP contribution in [0.4, 0.5) is 11.5 Å². The number of nitrogens with zero attached hydrogens (tertiary/aromatic N) is 3. The van der Waals surface area contributed by atoms with Crippen molar-refractivity contribution in [2.75, 3.05) is 30.0 Å². The highest BCUT2D eigenvalue weighted by Gasteiger charge is 2.24. The summed E-state index contributed by atoms with van der Waals surface area (Å²) in [7, 11) is 0. The number of nitroso groups, excluding NO2 is 1. The lowest BCUT2D eigenvalue weighted by Gasteiger charge is -2.30. The molecule has 0 saturated carbocycles. The van der Waals surface area contributed by atoms with Gasteiger partial charge in [-0.3, -0.25) is 4.79 Å². The molecule has 3 N–H and O–H groups in total. The molecular weight excluding hydrogens is 286 g/mol. The summed E-state index contributed by atoms with van der Waals surface area (Å²) in [5.41, 5.74) is 0.510. The van der Waals surface area contributed by atoms with Crippen molar-refractivity contribution in [3.05, 3.63) is 23.2 Å². The molecule has 122 valence electrons. The second-order valence-corrected chi connectivity index (χ2v) is 4.53. The maximum absolute atomic E-state index is 11.2. The van der Waals surface area contributed by atoms with Gasteiger partial charge in [0.05, 0.1) is 11.3 Å². The molecule has 0 bridgehead atoms. The fourth-order valence-corrected chi connectivity index (χ4v) is 2.24. The molecule has 1 aromatic rings. The smallest absolute Gasteiger partial charge is 0.322 e. The zero-order chi connectivity index (χ0) is 16.4. The van der Waals surface area contributed by atoms with Gasteiger partial charge in [0.25, 0.3) is 0 Å². The average molecular weight is 309 g/mol. The van der Waals surface area contributed by atoms with Crippen molar-refractivity contribution in [1.82, 2.24) is 10.3 Å². The number of carboxylic acids is 1. The largest absolute Gasteiger partial charge is 0.480 e. The molecule has 0 unspecified atom stereocenters. The monoisotopic (exact) mass is 309 g/mol. The standard InChI is InChI=1S/C12H17N5O3.C2H6/c18-11(19)8-15-12-10(2-1-5-14-12)17(16-20)9-3-6-13-7-4-9;1-2/h1-2,5,9,13H,3-4,6-8H2,(H,14,15)(H,18,19);1-2H3. The third kappa shape index (κ3) is 4.96. The summed E-state index contributed by atoms with van der Waals surface area (Å²) in [6.45, 7) is 5.40. The number of hydrogen-bond donors (Lipinski definition) is 3. The van der Waals surface area contributed by atoms with Gasteiger partial charge in [-0.05, 0) is 38.1 Å². The van der Waals surface area contributed by atoms with Crippen molar-refractivity contribution in [3.8, 4) is 0 Å². The van der Waals surface area contributed by atoms with Crippen molar-refractivity contribution in [3.63, 3.8) is 0 Å². The van der Waals surface area contributed by atoms with Crippen LogP contribution in [0.15, 0.2) is 23.6 Å². The first-order valence-corrected chi connectivity index (χ1v) is 7.46. The molecule has 8 heteroatoms. The van der Waals surface area contributed by atoms with Crippen LogP contribution in [0.1, 0.15) is 26.7 Å². The van der Waals surface area contributed by atoms with E-state index in [2.05, 4.69) is 20.9 Å². The minimum Gasteiger partial charge on any atom is -0.480 e. The topological polar surface area (TPSA) is 107 Å². The van der Waals surface area contributed by atoms with Crippen molar-refractivity contribution in [2.45, 2.75) is 32.7 Å². The highest BCUT2D eigenvalue weighted by atomic mass is 16.4. The Hall–Kier alpha value is -2.22. The van der Waals surface area contributed by atoms with Crippen molar-refractivity contribution < 1.29 is 9.90 Å². The number of rotatable bonds is 6. The number of carbonyl (C=O) groups is 1. The second-order valence-electron chi connectivity index (χ2n) is 4.53. The average Bonchev–Trinajstić information content (AvgIpc) is 2.57. The van der Waals surface area contributed by atoms with Crippen molar-refractivity contribution in [1.29, 1.82) is 0 Å². The molecule has 0 aliphatic carbocycles. The first-order chi connectivity index (χ1) is 10.7. The van der Waals surface area contributed by atoms with E-state index in [1.54, 1.807) is 18.3 Å². The van der Waals surface area contributed by atoms with Gasteiger partial charge in [-0.15, -0.1) is 4.91 Å². The SMILES string of the molecule is CC.O=NN(c1cccnc1NCC(=O)O)C1CCNCC1. The molecule has 0 amide bonds. The molecule has 0 aromatic carbocycles. The first kappa shape index (κ1) is 17.8. The van der Waals surface area contributed by atoms with Crippen LogP contribution >= 0.6 is 0 Å². The quantitative estimate of drug-likeness (QED) is 0.543. The highest BCUT2D eigenvalue weighted by molar-refractivity contribution is 5.75. The lowest BCUT2D eigenvalue weighted by molar-refractivity contribution is -0.134. The Morgan fingerprint density at radius 2 is 2.18 bits per heavy atom. The Balaban J connectivity index is 0.00000116. The minimum absolute atomic E-state index is 0.00308. The van der Waals surface area contributed by atoms with Gasteiger partial charge < -0.3 is 15.7 Å². The minimum atomic E-state index is -0.992. The molecule has 22 heavy (non-hydrogen) atoms. The van der Waals surface area contributed by atoms with Crippen LogP contribution in [0, 0.1) is 4.91 Å². The Morgan fingerprint density at radius 3 is 2.77 bits per heavy atom. The van der Waals surface area contributed by atoms with E-state index in [-0.39, 0.29) is 12.6 Å². The van der Waals surface area contributed by atoms with Crippen LogP contribution in [0.2, 0.25) is 0 Å². The van der Waals surface area contributed by atoms with Gasteiger partial charge in [0.15, 0.2) is 5.82 Å². The first-order valence-electron chi connectivity index (χ1n) is 7.46. The van der Waals surface area contributed by atoms with E-state index in [9.17, 15) is 9.70 Å². The van der Waals surface area contributed by atoms with Crippen LogP contribution < -0.4 is 15.6 Å². The number of nitrogens with one attached hydrogen (secondary N) is 2. The number of hydrogen-bond acceptors (Lipinski definition) is 6. The summed E-state index contributed by atoms with van der Waals surface area (Å²) < 4.78 is 0. The molecule has 8 nitrogen and oxygen atoms in total. The molecule has 0 atom stereocenters. The van der Waals surface area contributed by atoms with Crippen molar-refractivity contribution >= 4 is 17.5 Å². The van der Waals surface area contributed by atoms with Gasteiger partial charge >= 0.3 is 5.97 Å². The van der Waals surface area contributed by atoms with Crippen molar-refractivity contribution in [2.24, 2.45) is 5.29 Å². The van der Waals surface area contributed by atoms with Crippen LogP contribution in [0.3, 0.4) is 0 Å². The summed E-state index contributed by atoms with van der Waals surface area (Å²) in [4.78, 5) is 25.9. The normalized spacial score (nSPS) is 14.5. The number of aromatic nitrogens is 1. The number of piperidine rings is 1. The molecule has 1 aliphatic rings. The van der Waals surface area contributed by atoms with Gasteiger partial charge in [-0.2, -0.15) is 0 Å². The van der Waals surface area contributed by atoms with Gasteiger partial charge in [0, 0.05) is 6.20 Å². The summed E-state index contributed by atoms with van der Waals surface area (Å²) in [6.07, 6.45) is 3.15. The third-order valence-corrected chi connectivity index (χ3v) is 3.18. The number of aliphatic carboxylic acids is 1. The summed E-state index contributed by atoms with van der Waals surface area (Å²) in [6, 6.07) is 3.41. The van der Waals surface area contributed by atoms with E-state index < -0.39 is 5.97 Å². The van der Waals surface area contributed by atoms with Crippen LogP contribution in [0.5, 0.6) is 0 Å². The molecule has 1 saturated heterocycles. The Labute approximate surface area is 129 Å². The lowest BCUT2D eigenvalue weighted by Crippen LogP contribution is -2.40.